The molecule has 0 aromatic heterocycles. The lowest BCUT2D eigenvalue weighted by atomic mass is 10.1. The Balaban J connectivity index is 1.91. The Labute approximate surface area is 146 Å². The molecule has 4 nitrogen and oxygen atoms in total. The summed E-state index contributed by atoms with van der Waals surface area (Å²) in [6.07, 6.45) is -1.23. The highest BCUT2D eigenvalue weighted by Gasteiger charge is 2.28. The van der Waals surface area contributed by atoms with Gasteiger partial charge in [-0.05, 0) is 38.1 Å². The lowest BCUT2D eigenvalue weighted by Gasteiger charge is -2.24. The molecule has 2 atom stereocenters. The minimum Gasteiger partial charge on any atom is -0.457 e. The molecule has 126 valence electrons. The molecule has 0 bridgehead atoms. The van der Waals surface area contributed by atoms with E-state index < -0.39 is 29.5 Å². The number of alkyl halides is 1. The first kappa shape index (κ1) is 18.0. The molecule has 2 aromatic rings. The maximum atomic E-state index is 12.0. The highest BCUT2D eigenvalue weighted by molar-refractivity contribution is 6.21. The molecule has 0 aliphatic rings. The van der Waals surface area contributed by atoms with E-state index >= 15 is 0 Å². The number of ether oxygens (including phenoxy) is 2. The van der Waals surface area contributed by atoms with E-state index in [9.17, 15) is 9.59 Å². The van der Waals surface area contributed by atoms with Crippen molar-refractivity contribution in [2.45, 2.75) is 31.4 Å². The number of benzene rings is 2. The van der Waals surface area contributed by atoms with Gasteiger partial charge in [-0.1, -0.05) is 36.4 Å². The lowest BCUT2D eigenvalue weighted by molar-refractivity contribution is 0.00956. The molecule has 0 saturated heterocycles. The summed E-state index contributed by atoms with van der Waals surface area (Å²) < 4.78 is 10.7. The van der Waals surface area contributed by atoms with Gasteiger partial charge in [0.05, 0.1) is 11.1 Å². The molecule has 2 unspecified atom stereocenters. The number of rotatable bonds is 6. The quantitative estimate of drug-likeness (QED) is 0.584. The second-order valence-corrected chi connectivity index (χ2v) is 5.90. The number of hydrogen-bond acceptors (Lipinski definition) is 4. The monoisotopic (exact) mass is 346 g/mol. The smallest absolute Gasteiger partial charge is 0.338 e. The maximum Gasteiger partial charge on any atom is 0.338 e. The van der Waals surface area contributed by atoms with E-state index in [-0.39, 0.29) is 0 Å². The number of esters is 2. The van der Waals surface area contributed by atoms with Crippen LogP contribution in [0.1, 0.15) is 34.6 Å². The molecule has 5 heteroatoms. The van der Waals surface area contributed by atoms with E-state index in [1.54, 1.807) is 62.4 Å². The van der Waals surface area contributed by atoms with E-state index in [1.165, 1.54) is 0 Å². The Hall–Kier alpha value is -2.33. The van der Waals surface area contributed by atoms with E-state index in [4.69, 9.17) is 21.1 Å². The van der Waals surface area contributed by atoms with Crippen molar-refractivity contribution in [1.82, 2.24) is 0 Å². The van der Waals surface area contributed by atoms with Crippen LogP contribution in [0.2, 0.25) is 0 Å². The van der Waals surface area contributed by atoms with Crippen LogP contribution in [-0.4, -0.2) is 29.5 Å². The van der Waals surface area contributed by atoms with Crippen LogP contribution in [0, 0.1) is 0 Å². The molecular formula is C19H19ClO4. The number of carbonyl (C=O) groups is 2. The molecular weight excluding hydrogens is 328 g/mol. The van der Waals surface area contributed by atoms with Gasteiger partial charge in [-0.15, -0.1) is 11.6 Å². The van der Waals surface area contributed by atoms with Crippen LogP contribution in [-0.2, 0) is 9.47 Å². The highest BCUT2D eigenvalue weighted by Crippen LogP contribution is 2.17. The maximum absolute atomic E-state index is 12.0. The van der Waals surface area contributed by atoms with Gasteiger partial charge >= 0.3 is 11.9 Å². The fourth-order valence-electron chi connectivity index (χ4n) is 2.13. The van der Waals surface area contributed by atoms with E-state index in [2.05, 4.69) is 0 Å². The van der Waals surface area contributed by atoms with E-state index in [1.807, 2.05) is 12.1 Å². The normalized spacial score (nSPS) is 14.3. The van der Waals surface area contributed by atoms with Crippen molar-refractivity contribution in [3.05, 3.63) is 71.8 Å². The van der Waals surface area contributed by atoms with Crippen molar-refractivity contribution in [2.24, 2.45) is 0 Å². The average molecular weight is 347 g/mol. The van der Waals surface area contributed by atoms with Crippen molar-refractivity contribution in [3.8, 4) is 0 Å². The predicted molar refractivity (Wildman–Crippen MR) is 92.3 cm³/mol. The van der Waals surface area contributed by atoms with Gasteiger partial charge in [-0.3, -0.25) is 0 Å². The molecule has 0 fully saturated rings. The van der Waals surface area contributed by atoms with Gasteiger partial charge in [0.25, 0.3) is 0 Å². The standard InChI is InChI=1S/C19H19ClO4/c1-13(23-18(21)15-9-5-3-6-10-15)17(20)14(2)24-19(22)16-11-7-4-8-12-16/h3-14,17H,1-2H3. The summed E-state index contributed by atoms with van der Waals surface area (Å²) in [5.74, 6) is -0.925. The van der Waals surface area contributed by atoms with Gasteiger partial charge in [-0.2, -0.15) is 0 Å². The van der Waals surface area contributed by atoms with Crippen LogP contribution in [0.25, 0.3) is 0 Å². The van der Waals surface area contributed by atoms with Crippen LogP contribution >= 0.6 is 11.6 Å². The van der Waals surface area contributed by atoms with Gasteiger partial charge in [0, 0.05) is 0 Å². The van der Waals surface area contributed by atoms with Crippen molar-refractivity contribution in [3.63, 3.8) is 0 Å². The lowest BCUT2D eigenvalue weighted by Crippen LogP contribution is -2.35. The zero-order chi connectivity index (χ0) is 17.5. The van der Waals surface area contributed by atoms with Crippen LogP contribution in [0.15, 0.2) is 60.7 Å². The summed E-state index contributed by atoms with van der Waals surface area (Å²) in [4.78, 5) is 24.1. The summed E-state index contributed by atoms with van der Waals surface area (Å²) in [7, 11) is 0. The summed E-state index contributed by atoms with van der Waals surface area (Å²) in [5.41, 5.74) is 0.893. The minimum absolute atomic E-state index is 0.446. The van der Waals surface area contributed by atoms with Crippen LogP contribution < -0.4 is 0 Å². The Bertz CT molecular complexity index is 613. The van der Waals surface area contributed by atoms with Crippen LogP contribution in [0.5, 0.6) is 0 Å². The number of carbonyl (C=O) groups excluding carboxylic acids is 2. The highest BCUT2D eigenvalue weighted by atomic mass is 35.5. The minimum atomic E-state index is -0.662. The van der Waals surface area contributed by atoms with Crippen LogP contribution in [0.4, 0.5) is 0 Å². The summed E-state index contributed by atoms with van der Waals surface area (Å²) in [6.45, 7) is 3.34. The third kappa shape index (κ3) is 4.83. The van der Waals surface area contributed by atoms with Gasteiger partial charge in [0.15, 0.2) is 0 Å². The first-order chi connectivity index (χ1) is 11.5. The Morgan fingerprint density at radius 1 is 0.750 bits per heavy atom. The SMILES string of the molecule is CC(OC(=O)c1ccccc1)C(Cl)C(C)OC(=O)c1ccccc1. The second-order valence-electron chi connectivity index (χ2n) is 5.40. The largest absolute Gasteiger partial charge is 0.457 e. The van der Waals surface area contributed by atoms with Crippen molar-refractivity contribution >= 4 is 23.5 Å². The Kier molecular flexibility index (Phi) is 6.38. The Morgan fingerprint density at radius 2 is 1.08 bits per heavy atom. The topological polar surface area (TPSA) is 52.6 Å². The molecule has 0 heterocycles. The molecule has 0 aliphatic heterocycles. The summed E-state index contributed by atoms with van der Waals surface area (Å²) in [5, 5.41) is -0.662. The third-order valence-corrected chi connectivity index (χ3v) is 4.21. The number of hydrogen-bond donors (Lipinski definition) is 0. The molecule has 0 saturated carbocycles. The van der Waals surface area contributed by atoms with Gasteiger partial charge in [0.1, 0.15) is 17.6 Å². The number of halogens is 1. The average Bonchev–Trinajstić information content (AvgIpc) is 2.62. The second kappa shape index (κ2) is 8.50. The van der Waals surface area contributed by atoms with Crippen LogP contribution in [0.3, 0.4) is 0 Å². The predicted octanol–water partition coefficient (Wildman–Crippen LogP) is 4.08. The third-order valence-electron chi connectivity index (χ3n) is 3.50. The fourth-order valence-corrected chi connectivity index (χ4v) is 2.24. The van der Waals surface area contributed by atoms with Crippen molar-refractivity contribution < 1.29 is 19.1 Å². The molecule has 2 aromatic carbocycles. The zero-order valence-electron chi connectivity index (χ0n) is 13.5. The van der Waals surface area contributed by atoms with E-state index in [0.29, 0.717) is 11.1 Å². The zero-order valence-corrected chi connectivity index (χ0v) is 14.3. The molecule has 0 amide bonds. The molecule has 24 heavy (non-hydrogen) atoms. The molecule has 0 N–H and O–H groups in total. The first-order valence-electron chi connectivity index (χ1n) is 7.65. The van der Waals surface area contributed by atoms with Gasteiger partial charge in [0.2, 0.25) is 0 Å². The summed E-state index contributed by atoms with van der Waals surface area (Å²) >= 11 is 6.29. The van der Waals surface area contributed by atoms with Gasteiger partial charge in [-0.25, -0.2) is 9.59 Å². The van der Waals surface area contributed by atoms with Gasteiger partial charge < -0.3 is 9.47 Å². The van der Waals surface area contributed by atoms with Crippen molar-refractivity contribution in [1.29, 1.82) is 0 Å². The molecule has 0 aliphatic carbocycles. The summed E-state index contributed by atoms with van der Waals surface area (Å²) in [6, 6.07) is 17.3. The molecule has 0 radical (unpaired) electrons. The Morgan fingerprint density at radius 3 is 1.42 bits per heavy atom. The molecule has 2 rings (SSSR count). The van der Waals surface area contributed by atoms with E-state index in [0.717, 1.165) is 0 Å². The first-order valence-corrected chi connectivity index (χ1v) is 8.09. The molecule has 0 spiro atoms. The van der Waals surface area contributed by atoms with Crippen molar-refractivity contribution in [2.75, 3.05) is 0 Å². The fraction of sp³-hybridized carbons (Fsp3) is 0.263.